The summed E-state index contributed by atoms with van der Waals surface area (Å²) in [5.74, 6) is -0.460. The minimum Gasteiger partial charge on any atom is -0.457 e. The van der Waals surface area contributed by atoms with Gasteiger partial charge >= 0.3 is 5.97 Å². The Morgan fingerprint density at radius 1 is 1.77 bits per heavy atom. The van der Waals surface area contributed by atoms with Crippen LogP contribution < -0.4 is 0 Å². The van der Waals surface area contributed by atoms with Crippen molar-refractivity contribution in [2.75, 3.05) is 13.8 Å². The molecule has 0 aliphatic carbocycles. The summed E-state index contributed by atoms with van der Waals surface area (Å²) in [6.45, 7) is -0.0803. The van der Waals surface area contributed by atoms with Gasteiger partial charge in [0.15, 0.2) is 6.73 Å². The molecular weight excluding hydrogens is 174 g/mol. The number of hydrogen-bond donors (Lipinski definition) is 0. The topological polar surface area (TPSA) is 59.8 Å². The zero-order chi connectivity index (χ0) is 9.68. The number of rotatable bonds is 4. The van der Waals surface area contributed by atoms with Crippen molar-refractivity contribution in [2.45, 2.75) is 0 Å². The van der Waals surface area contributed by atoms with Crippen LogP contribution in [-0.4, -0.2) is 31.1 Å². The maximum absolute atomic E-state index is 11.1. The number of furan rings is 1. The highest BCUT2D eigenvalue weighted by atomic mass is 16.6. The number of amides is 1. The fraction of sp³-hybridized carbons (Fsp3) is 0.250. The fourth-order valence-corrected chi connectivity index (χ4v) is 0.657. The van der Waals surface area contributed by atoms with Gasteiger partial charge in [-0.2, -0.15) is 0 Å². The fourth-order valence-electron chi connectivity index (χ4n) is 0.657. The van der Waals surface area contributed by atoms with Crippen molar-refractivity contribution in [1.82, 2.24) is 4.90 Å². The summed E-state index contributed by atoms with van der Waals surface area (Å²) in [5.41, 5.74) is 0. The van der Waals surface area contributed by atoms with E-state index in [9.17, 15) is 9.59 Å². The predicted octanol–water partition coefficient (Wildman–Crippen LogP) is 0.482. The van der Waals surface area contributed by atoms with E-state index in [1.165, 1.54) is 24.3 Å². The van der Waals surface area contributed by atoms with Crippen LogP contribution in [0.3, 0.4) is 0 Å². The predicted molar refractivity (Wildman–Crippen MR) is 42.8 cm³/mol. The summed E-state index contributed by atoms with van der Waals surface area (Å²) < 4.78 is 9.48. The Balaban J connectivity index is 2.39. The molecule has 0 aliphatic heterocycles. The molecule has 1 rings (SSSR count). The molecule has 1 aromatic heterocycles. The first-order valence-corrected chi connectivity index (χ1v) is 3.60. The van der Waals surface area contributed by atoms with Gasteiger partial charge in [0, 0.05) is 7.05 Å². The van der Waals surface area contributed by atoms with Gasteiger partial charge in [0.1, 0.15) is 0 Å². The second kappa shape index (κ2) is 4.30. The van der Waals surface area contributed by atoms with Gasteiger partial charge < -0.3 is 14.1 Å². The van der Waals surface area contributed by atoms with Gasteiger partial charge in [-0.05, 0) is 12.1 Å². The molecule has 13 heavy (non-hydrogen) atoms. The zero-order valence-electron chi connectivity index (χ0n) is 7.10. The second-order valence-corrected chi connectivity index (χ2v) is 2.40. The molecule has 1 aromatic rings. The number of esters is 1. The highest BCUT2D eigenvalue weighted by Crippen LogP contribution is 2.01. The first-order chi connectivity index (χ1) is 6.24. The standard InChI is InChI=1S/C8H9NO4/c1-9(5-10)6-13-8(11)7-3-2-4-12-7/h2-5H,6H2,1H3. The molecule has 1 amide bonds. The van der Waals surface area contributed by atoms with Gasteiger partial charge in [-0.15, -0.1) is 0 Å². The van der Waals surface area contributed by atoms with Gasteiger partial charge in [0.2, 0.25) is 12.2 Å². The molecule has 0 spiro atoms. The minimum absolute atomic E-state index is 0.0803. The van der Waals surface area contributed by atoms with Crippen LogP contribution in [0.1, 0.15) is 10.6 Å². The van der Waals surface area contributed by atoms with Gasteiger partial charge in [-0.1, -0.05) is 0 Å². The third kappa shape index (κ3) is 2.62. The van der Waals surface area contributed by atoms with Crippen LogP contribution in [-0.2, 0) is 9.53 Å². The van der Waals surface area contributed by atoms with E-state index < -0.39 is 5.97 Å². The Morgan fingerprint density at radius 3 is 3.08 bits per heavy atom. The first kappa shape index (κ1) is 9.31. The van der Waals surface area contributed by atoms with Crippen molar-refractivity contribution in [2.24, 2.45) is 0 Å². The van der Waals surface area contributed by atoms with E-state index in [4.69, 9.17) is 9.15 Å². The maximum Gasteiger partial charge on any atom is 0.375 e. The van der Waals surface area contributed by atoms with Gasteiger partial charge in [0.05, 0.1) is 6.26 Å². The van der Waals surface area contributed by atoms with Crippen LogP contribution in [0.15, 0.2) is 22.8 Å². The van der Waals surface area contributed by atoms with Gasteiger partial charge in [-0.25, -0.2) is 4.79 Å². The summed E-state index contributed by atoms with van der Waals surface area (Å²) in [4.78, 5) is 22.4. The molecule has 0 fully saturated rings. The average Bonchev–Trinajstić information content (AvgIpc) is 2.66. The van der Waals surface area contributed by atoms with E-state index in [0.717, 1.165) is 0 Å². The monoisotopic (exact) mass is 183 g/mol. The largest absolute Gasteiger partial charge is 0.457 e. The van der Waals surface area contributed by atoms with E-state index in [1.807, 2.05) is 0 Å². The van der Waals surface area contributed by atoms with E-state index in [2.05, 4.69) is 0 Å². The molecule has 0 atom stereocenters. The minimum atomic E-state index is -0.585. The summed E-state index contributed by atoms with van der Waals surface area (Å²) in [6, 6.07) is 3.07. The summed E-state index contributed by atoms with van der Waals surface area (Å²) in [6.07, 6.45) is 1.94. The van der Waals surface area contributed by atoms with Crippen LogP contribution in [0.5, 0.6) is 0 Å². The molecule has 0 unspecified atom stereocenters. The number of nitrogens with zero attached hydrogens (tertiary/aromatic N) is 1. The molecule has 1 heterocycles. The Kier molecular flexibility index (Phi) is 3.08. The number of carbonyl (C=O) groups is 2. The van der Waals surface area contributed by atoms with Crippen LogP contribution in [0.4, 0.5) is 0 Å². The normalized spacial score (nSPS) is 9.31. The smallest absolute Gasteiger partial charge is 0.375 e. The quantitative estimate of drug-likeness (QED) is 0.387. The van der Waals surface area contributed by atoms with Gasteiger partial charge in [-0.3, -0.25) is 4.79 Å². The zero-order valence-corrected chi connectivity index (χ0v) is 7.10. The second-order valence-electron chi connectivity index (χ2n) is 2.40. The van der Waals surface area contributed by atoms with Crippen molar-refractivity contribution in [3.63, 3.8) is 0 Å². The van der Waals surface area contributed by atoms with E-state index >= 15 is 0 Å². The average molecular weight is 183 g/mol. The number of carbonyl (C=O) groups excluding carboxylic acids is 2. The molecule has 5 nitrogen and oxygen atoms in total. The first-order valence-electron chi connectivity index (χ1n) is 3.60. The van der Waals surface area contributed by atoms with Crippen molar-refractivity contribution in [1.29, 1.82) is 0 Å². The summed E-state index contributed by atoms with van der Waals surface area (Å²) in [7, 11) is 1.50. The van der Waals surface area contributed by atoms with Crippen molar-refractivity contribution in [3.8, 4) is 0 Å². The molecule has 0 aromatic carbocycles. The number of ether oxygens (including phenoxy) is 1. The molecular formula is C8H9NO4. The lowest BCUT2D eigenvalue weighted by Gasteiger charge is -2.09. The SMILES string of the molecule is CN(C=O)COC(=O)c1ccco1. The van der Waals surface area contributed by atoms with Crippen LogP contribution in [0.2, 0.25) is 0 Å². The third-order valence-electron chi connectivity index (χ3n) is 1.30. The molecule has 0 saturated carbocycles. The Labute approximate surface area is 74.9 Å². The lowest BCUT2D eigenvalue weighted by atomic mass is 10.5. The molecule has 0 N–H and O–H groups in total. The van der Waals surface area contributed by atoms with E-state index in [1.54, 1.807) is 6.07 Å². The Morgan fingerprint density at radius 2 is 2.54 bits per heavy atom. The molecule has 5 heteroatoms. The lowest BCUT2D eigenvalue weighted by Crippen LogP contribution is -2.22. The molecule has 0 saturated heterocycles. The summed E-state index contributed by atoms with van der Waals surface area (Å²) >= 11 is 0. The van der Waals surface area contributed by atoms with Crippen molar-refractivity contribution >= 4 is 12.4 Å². The molecule has 0 aliphatic rings. The van der Waals surface area contributed by atoms with Crippen LogP contribution >= 0.6 is 0 Å². The van der Waals surface area contributed by atoms with Crippen molar-refractivity contribution < 1.29 is 18.7 Å². The number of hydrogen-bond acceptors (Lipinski definition) is 4. The lowest BCUT2D eigenvalue weighted by molar-refractivity contribution is -0.120. The third-order valence-corrected chi connectivity index (χ3v) is 1.30. The van der Waals surface area contributed by atoms with Crippen LogP contribution in [0, 0.1) is 0 Å². The molecule has 0 radical (unpaired) electrons. The Bertz CT molecular complexity index is 280. The van der Waals surface area contributed by atoms with E-state index in [0.29, 0.717) is 6.41 Å². The molecule has 0 bridgehead atoms. The highest BCUT2D eigenvalue weighted by molar-refractivity contribution is 5.86. The van der Waals surface area contributed by atoms with Gasteiger partial charge in [0.25, 0.3) is 0 Å². The van der Waals surface area contributed by atoms with E-state index in [-0.39, 0.29) is 12.5 Å². The Hall–Kier alpha value is -1.78. The molecule has 70 valence electrons. The maximum atomic E-state index is 11.1. The van der Waals surface area contributed by atoms with Crippen LogP contribution in [0.25, 0.3) is 0 Å². The van der Waals surface area contributed by atoms with Crippen molar-refractivity contribution in [3.05, 3.63) is 24.2 Å². The highest BCUT2D eigenvalue weighted by Gasteiger charge is 2.09. The summed E-state index contributed by atoms with van der Waals surface area (Å²) in [5, 5.41) is 0.